The summed E-state index contributed by atoms with van der Waals surface area (Å²) in [6.45, 7) is 7.92. The molecule has 0 unspecified atom stereocenters. The van der Waals surface area contributed by atoms with E-state index in [2.05, 4.69) is 51.9 Å². The van der Waals surface area contributed by atoms with E-state index in [1.807, 2.05) is 49.1 Å². The Labute approximate surface area is 255 Å². The number of fused-ring (bicyclic) bond motifs is 2. The molecule has 4 aliphatic heterocycles. The van der Waals surface area contributed by atoms with Gasteiger partial charge in [0.15, 0.2) is 0 Å². The number of halogens is 1. The molecule has 4 aliphatic rings. The van der Waals surface area contributed by atoms with Crippen molar-refractivity contribution in [3.63, 3.8) is 0 Å². The molecule has 0 bridgehead atoms. The molecule has 2 fully saturated rings. The second-order valence-corrected chi connectivity index (χ2v) is 10.9. The predicted octanol–water partition coefficient (Wildman–Crippen LogP) is 3.98. The summed E-state index contributed by atoms with van der Waals surface area (Å²) in [6.07, 6.45) is 9.23. The molecule has 43 heavy (non-hydrogen) atoms. The monoisotopic (exact) mass is 594 g/mol. The lowest BCUT2D eigenvalue weighted by atomic mass is 10.0. The minimum atomic E-state index is 0.496. The second-order valence-electron chi connectivity index (χ2n) is 10.5. The number of pyridine rings is 4. The van der Waals surface area contributed by atoms with Crippen LogP contribution < -0.4 is 9.80 Å². The van der Waals surface area contributed by atoms with Crippen LogP contribution in [0.5, 0.6) is 0 Å². The van der Waals surface area contributed by atoms with Gasteiger partial charge in [0.05, 0.1) is 50.9 Å². The van der Waals surface area contributed by atoms with Gasteiger partial charge in [-0.15, -0.1) is 0 Å². The Morgan fingerprint density at radius 1 is 0.605 bits per heavy atom. The Kier molecular flexibility index (Phi) is 8.04. The zero-order chi connectivity index (χ0) is 29.0. The molecule has 8 heterocycles. The summed E-state index contributed by atoms with van der Waals surface area (Å²) in [5, 5.41) is 0.496. The number of nitrogens with zero attached hydrogens (tertiary/aromatic N) is 8. The van der Waals surface area contributed by atoms with Crippen LogP contribution in [-0.2, 0) is 22.6 Å². The number of morpholine rings is 2. The maximum Gasteiger partial charge on any atom is 0.129 e. The molecule has 0 aliphatic carbocycles. The molecular weight excluding hydrogens is 564 g/mol. The highest BCUT2D eigenvalue weighted by Crippen LogP contribution is 2.27. The summed E-state index contributed by atoms with van der Waals surface area (Å²) in [5.41, 5.74) is 8.76. The van der Waals surface area contributed by atoms with Crippen molar-refractivity contribution in [2.75, 3.05) is 62.4 Å². The van der Waals surface area contributed by atoms with Crippen LogP contribution in [-0.4, -0.2) is 84.0 Å². The standard InChI is InChI=1S/C16H15ClN4O.C16H16N4O/c17-14-8-13-12(9-19-14)10-20-16(13)11-1-2-18-15(7-11)21-3-5-22-6-4-21;1-4-18-15(20-5-7-21-8-6-20)9-12(1)16-14-2-3-17-10-13(14)11-19-16/h1-2,7-9H,3-6,10H2;1-4,9-10H,5-8,11H2. The van der Waals surface area contributed by atoms with Crippen molar-refractivity contribution >= 4 is 34.7 Å². The molecular formula is C32H31ClN8O2. The molecule has 0 amide bonds. The number of aliphatic imine (C=N–C) groups is 2. The molecule has 8 rings (SSSR count). The summed E-state index contributed by atoms with van der Waals surface area (Å²) in [4.78, 5) is 31.1. The van der Waals surface area contributed by atoms with E-state index in [9.17, 15) is 0 Å². The predicted molar refractivity (Wildman–Crippen MR) is 167 cm³/mol. The van der Waals surface area contributed by atoms with Crippen LogP contribution in [0.25, 0.3) is 0 Å². The molecule has 0 N–H and O–H groups in total. The summed E-state index contributed by atoms with van der Waals surface area (Å²) in [7, 11) is 0. The summed E-state index contributed by atoms with van der Waals surface area (Å²) >= 11 is 6.03. The first-order valence-corrected chi connectivity index (χ1v) is 14.9. The molecule has 4 aromatic rings. The average molecular weight is 595 g/mol. The topological polar surface area (TPSA) is 101 Å². The van der Waals surface area contributed by atoms with Crippen LogP contribution >= 0.6 is 11.6 Å². The van der Waals surface area contributed by atoms with Crippen molar-refractivity contribution in [3.05, 3.63) is 106 Å². The van der Waals surface area contributed by atoms with Crippen LogP contribution in [0.15, 0.2) is 77.4 Å². The van der Waals surface area contributed by atoms with Crippen molar-refractivity contribution < 1.29 is 9.47 Å². The van der Waals surface area contributed by atoms with Gasteiger partial charge in [-0.1, -0.05) is 11.6 Å². The van der Waals surface area contributed by atoms with E-state index < -0.39 is 0 Å². The van der Waals surface area contributed by atoms with E-state index in [0.29, 0.717) is 18.2 Å². The molecule has 0 atom stereocenters. The molecule has 10 nitrogen and oxygen atoms in total. The maximum absolute atomic E-state index is 6.03. The van der Waals surface area contributed by atoms with E-state index in [1.165, 1.54) is 11.1 Å². The normalized spacial score (nSPS) is 17.4. The lowest BCUT2D eigenvalue weighted by Gasteiger charge is -2.28. The van der Waals surface area contributed by atoms with Crippen molar-refractivity contribution in [3.8, 4) is 0 Å². The lowest BCUT2D eigenvalue weighted by Crippen LogP contribution is -2.36. The quantitative estimate of drug-likeness (QED) is 0.327. The fourth-order valence-corrected chi connectivity index (χ4v) is 5.80. The zero-order valence-electron chi connectivity index (χ0n) is 23.7. The Morgan fingerprint density at radius 3 is 1.77 bits per heavy atom. The molecule has 0 radical (unpaired) electrons. The molecule has 0 spiro atoms. The molecule has 4 aromatic heterocycles. The third-order valence-corrected chi connectivity index (χ3v) is 8.10. The molecule has 0 aromatic carbocycles. The summed E-state index contributed by atoms with van der Waals surface area (Å²) in [6, 6.07) is 12.2. The number of anilines is 2. The second kappa shape index (κ2) is 12.5. The number of rotatable bonds is 4. The van der Waals surface area contributed by atoms with Crippen molar-refractivity contribution in [1.82, 2.24) is 19.9 Å². The first kappa shape index (κ1) is 27.6. The van der Waals surface area contributed by atoms with Crippen LogP contribution in [0, 0.1) is 0 Å². The lowest BCUT2D eigenvalue weighted by molar-refractivity contribution is 0.122. The average Bonchev–Trinajstić information content (AvgIpc) is 3.70. The van der Waals surface area contributed by atoms with Gasteiger partial charge in [-0.2, -0.15) is 0 Å². The van der Waals surface area contributed by atoms with E-state index in [-0.39, 0.29) is 0 Å². The van der Waals surface area contributed by atoms with Crippen molar-refractivity contribution in [2.45, 2.75) is 13.1 Å². The van der Waals surface area contributed by atoms with Gasteiger partial charge in [-0.3, -0.25) is 15.0 Å². The number of ether oxygens (including phenoxy) is 2. The maximum atomic E-state index is 6.03. The highest BCUT2D eigenvalue weighted by atomic mass is 35.5. The third-order valence-electron chi connectivity index (χ3n) is 7.89. The summed E-state index contributed by atoms with van der Waals surface area (Å²) in [5.74, 6) is 1.97. The SMILES string of the molecule is Clc1cc2c(cn1)CN=C2c1ccnc(N2CCOCC2)c1.c1cc2c(cn1)CN=C2c1ccnc(N2CCOCC2)c1. The van der Waals surface area contributed by atoms with Crippen molar-refractivity contribution in [2.24, 2.45) is 9.98 Å². The number of hydrogen-bond donors (Lipinski definition) is 0. The van der Waals surface area contributed by atoms with Crippen LogP contribution in [0.2, 0.25) is 5.15 Å². The first-order chi connectivity index (χ1) is 21.2. The van der Waals surface area contributed by atoms with Crippen molar-refractivity contribution in [1.29, 1.82) is 0 Å². The van der Waals surface area contributed by atoms with Gasteiger partial charge < -0.3 is 19.3 Å². The third kappa shape index (κ3) is 5.99. The van der Waals surface area contributed by atoms with E-state index in [0.717, 1.165) is 97.9 Å². The highest BCUT2D eigenvalue weighted by Gasteiger charge is 2.21. The van der Waals surface area contributed by atoms with E-state index in [1.54, 1.807) is 6.20 Å². The Bertz CT molecular complexity index is 1680. The van der Waals surface area contributed by atoms with Gasteiger partial charge in [0.1, 0.15) is 16.8 Å². The van der Waals surface area contributed by atoms with E-state index >= 15 is 0 Å². The smallest absolute Gasteiger partial charge is 0.129 e. The zero-order valence-corrected chi connectivity index (χ0v) is 24.5. The highest BCUT2D eigenvalue weighted by molar-refractivity contribution is 6.30. The fourth-order valence-electron chi connectivity index (χ4n) is 5.64. The Hall–Kier alpha value is -4.25. The first-order valence-electron chi connectivity index (χ1n) is 14.5. The number of hydrogen-bond acceptors (Lipinski definition) is 10. The van der Waals surface area contributed by atoms with Gasteiger partial charge in [-0.05, 0) is 36.4 Å². The molecule has 0 saturated carbocycles. The van der Waals surface area contributed by atoms with Gasteiger partial charge in [0.25, 0.3) is 0 Å². The van der Waals surface area contributed by atoms with Gasteiger partial charge in [0.2, 0.25) is 0 Å². The Balaban J connectivity index is 0.000000140. The molecule has 11 heteroatoms. The van der Waals surface area contributed by atoms with Gasteiger partial charge >= 0.3 is 0 Å². The largest absolute Gasteiger partial charge is 0.378 e. The van der Waals surface area contributed by atoms with Crippen LogP contribution in [0.1, 0.15) is 33.4 Å². The summed E-state index contributed by atoms with van der Waals surface area (Å²) < 4.78 is 10.8. The van der Waals surface area contributed by atoms with Gasteiger partial charge in [0, 0.05) is 90.5 Å². The molecule has 218 valence electrons. The molecule has 2 saturated heterocycles. The minimum Gasteiger partial charge on any atom is -0.378 e. The van der Waals surface area contributed by atoms with Crippen LogP contribution in [0.4, 0.5) is 11.6 Å². The fraction of sp³-hybridized carbons (Fsp3) is 0.312. The number of aromatic nitrogens is 4. The van der Waals surface area contributed by atoms with Gasteiger partial charge in [-0.25, -0.2) is 15.0 Å². The van der Waals surface area contributed by atoms with E-state index in [4.69, 9.17) is 21.1 Å². The Morgan fingerprint density at radius 2 is 1.16 bits per heavy atom. The van der Waals surface area contributed by atoms with Crippen LogP contribution in [0.3, 0.4) is 0 Å². The minimum absolute atomic E-state index is 0.496.